The Bertz CT molecular complexity index is 223. The van der Waals surface area contributed by atoms with Gasteiger partial charge in [-0.05, 0) is 24.7 Å². The van der Waals surface area contributed by atoms with Crippen LogP contribution in [0.1, 0.15) is 40.5 Å². The van der Waals surface area contributed by atoms with Gasteiger partial charge in [-0.25, -0.2) is 0 Å². The Labute approximate surface area is 97.8 Å². The van der Waals surface area contributed by atoms with Crippen LogP contribution in [0.25, 0.3) is 0 Å². The van der Waals surface area contributed by atoms with Crippen LogP contribution in [-0.2, 0) is 9.59 Å². The average molecular weight is 228 g/mol. The molecule has 2 amide bonds. The molecule has 4 N–H and O–H groups in total. The van der Waals surface area contributed by atoms with Gasteiger partial charge in [0.15, 0.2) is 0 Å². The highest BCUT2D eigenvalue weighted by atomic mass is 16.2. The zero-order valence-electron chi connectivity index (χ0n) is 10.7. The van der Waals surface area contributed by atoms with Crippen LogP contribution in [0.15, 0.2) is 0 Å². The molecule has 0 aliphatic carbocycles. The van der Waals surface area contributed by atoms with Crippen LogP contribution in [0.5, 0.6) is 0 Å². The first kappa shape index (κ1) is 14.9. The number of primary amides is 2. The van der Waals surface area contributed by atoms with E-state index in [1.807, 2.05) is 27.7 Å². The molecule has 16 heavy (non-hydrogen) atoms. The minimum absolute atomic E-state index is 0.325. The summed E-state index contributed by atoms with van der Waals surface area (Å²) in [4.78, 5) is 22.8. The molecule has 0 saturated heterocycles. The van der Waals surface area contributed by atoms with Gasteiger partial charge in [0.25, 0.3) is 0 Å². The van der Waals surface area contributed by atoms with Crippen molar-refractivity contribution in [1.82, 2.24) is 0 Å². The maximum absolute atomic E-state index is 11.4. The molecule has 2 atom stereocenters. The lowest BCUT2D eigenvalue weighted by Gasteiger charge is -2.24. The van der Waals surface area contributed by atoms with Crippen LogP contribution in [0, 0.1) is 23.7 Å². The third-order valence-corrected chi connectivity index (χ3v) is 2.67. The van der Waals surface area contributed by atoms with Crippen LogP contribution in [0.3, 0.4) is 0 Å². The van der Waals surface area contributed by atoms with Crippen molar-refractivity contribution >= 4 is 11.8 Å². The first-order chi connectivity index (χ1) is 7.25. The van der Waals surface area contributed by atoms with Gasteiger partial charge in [0.05, 0.1) is 0 Å². The van der Waals surface area contributed by atoms with Gasteiger partial charge in [-0.2, -0.15) is 0 Å². The lowest BCUT2D eigenvalue weighted by atomic mass is 9.80. The van der Waals surface area contributed by atoms with Crippen LogP contribution in [0.4, 0.5) is 0 Å². The fourth-order valence-corrected chi connectivity index (χ4v) is 1.97. The van der Waals surface area contributed by atoms with E-state index in [4.69, 9.17) is 11.5 Å². The Morgan fingerprint density at radius 2 is 1.06 bits per heavy atom. The monoisotopic (exact) mass is 228 g/mol. The Kier molecular flexibility index (Phi) is 6.08. The molecule has 0 fully saturated rings. The molecule has 4 heteroatoms. The molecule has 0 bridgehead atoms. The number of amides is 2. The SMILES string of the molecule is CC(C)CC(C(N)=O)C(CC(C)C)C(N)=O. The summed E-state index contributed by atoms with van der Waals surface area (Å²) in [5.41, 5.74) is 10.7. The molecule has 0 rings (SSSR count). The molecular weight excluding hydrogens is 204 g/mol. The smallest absolute Gasteiger partial charge is 0.221 e. The maximum Gasteiger partial charge on any atom is 0.221 e. The van der Waals surface area contributed by atoms with Gasteiger partial charge in [0.1, 0.15) is 0 Å². The van der Waals surface area contributed by atoms with Crippen LogP contribution in [-0.4, -0.2) is 11.8 Å². The highest BCUT2D eigenvalue weighted by Gasteiger charge is 2.31. The molecule has 0 spiro atoms. The summed E-state index contributed by atoms with van der Waals surface area (Å²) < 4.78 is 0. The molecule has 0 aromatic heterocycles. The van der Waals surface area contributed by atoms with Crippen molar-refractivity contribution in [3.63, 3.8) is 0 Å². The summed E-state index contributed by atoms with van der Waals surface area (Å²) in [7, 11) is 0. The Hall–Kier alpha value is -1.06. The Morgan fingerprint density at radius 1 is 0.812 bits per heavy atom. The van der Waals surface area contributed by atoms with Crippen molar-refractivity contribution in [3.05, 3.63) is 0 Å². The predicted molar refractivity (Wildman–Crippen MR) is 64.3 cm³/mol. The topological polar surface area (TPSA) is 86.2 Å². The van der Waals surface area contributed by atoms with Crippen molar-refractivity contribution in [2.75, 3.05) is 0 Å². The summed E-state index contributed by atoms with van der Waals surface area (Å²) in [6, 6.07) is 0. The zero-order valence-corrected chi connectivity index (χ0v) is 10.7. The first-order valence-corrected chi connectivity index (χ1v) is 5.84. The van der Waals surface area contributed by atoms with Gasteiger partial charge in [-0.1, -0.05) is 27.7 Å². The number of hydrogen-bond donors (Lipinski definition) is 2. The predicted octanol–water partition coefficient (Wildman–Crippen LogP) is 1.28. The molecule has 0 aromatic rings. The van der Waals surface area contributed by atoms with E-state index in [9.17, 15) is 9.59 Å². The standard InChI is InChI=1S/C12H24N2O2/c1-7(2)5-9(11(13)15)10(12(14)16)6-8(3)4/h7-10H,5-6H2,1-4H3,(H2,13,15)(H2,14,16). The quantitative estimate of drug-likeness (QED) is 0.687. The molecule has 0 radical (unpaired) electrons. The van der Waals surface area contributed by atoms with E-state index < -0.39 is 23.7 Å². The third-order valence-electron chi connectivity index (χ3n) is 2.67. The summed E-state index contributed by atoms with van der Waals surface area (Å²) in [5.74, 6) is -1.05. The van der Waals surface area contributed by atoms with Crippen LogP contribution in [0.2, 0.25) is 0 Å². The molecule has 0 aliphatic rings. The van der Waals surface area contributed by atoms with Crippen molar-refractivity contribution < 1.29 is 9.59 Å². The van der Waals surface area contributed by atoms with Gasteiger partial charge in [0, 0.05) is 11.8 Å². The summed E-state index contributed by atoms with van der Waals surface area (Å²) in [5, 5.41) is 0. The van der Waals surface area contributed by atoms with E-state index in [-0.39, 0.29) is 0 Å². The highest BCUT2D eigenvalue weighted by molar-refractivity contribution is 5.86. The zero-order chi connectivity index (χ0) is 12.9. The van der Waals surface area contributed by atoms with Crippen molar-refractivity contribution in [2.24, 2.45) is 35.1 Å². The van der Waals surface area contributed by atoms with Gasteiger partial charge >= 0.3 is 0 Å². The van der Waals surface area contributed by atoms with Gasteiger partial charge < -0.3 is 11.5 Å². The number of carbonyl (C=O) groups excluding carboxylic acids is 2. The second-order valence-corrected chi connectivity index (χ2v) is 5.28. The molecule has 2 unspecified atom stereocenters. The lowest BCUT2D eigenvalue weighted by molar-refractivity contribution is -0.132. The molecule has 0 heterocycles. The minimum atomic E-state index is -0.431. The lowest BCUT2D eigenvalue weighted by Crippen LogP contribution is -2.39. The molecule has 0 aliphatic heterocycles. The average Bonchev–Trinajstić information content (AvgIpc) is 2.09. The normalized spacial score (nSPS) is 15.1. The summed E-state index contributed by atoms with van der Waals surface area (Å²) >= 11 is 0. The van der Waals surface area contributed by atoms with Crippen molar-refractivity contribution in [3.8, 4) is 0 Å². The van der Waals surface area contributed by atoms with E-state index in [1.54, 1.807) is 0 Å². The van der Waals surface area contributed by atoms with E-state index in [1.165, 1.54) is 0 Å². The van der Waals surface area contributed by atoms with E-state index in [0.717, 1.165) is 0 Å². The van der Waals surface area contributed by atoms with Crippen molar-refractivity contribution in [2.45, 2.75) is 40.5 Å². The second-order valence-electron chi connectivity index (χ2n) is 5.28. The first-order valence-electron chi connectivity index (χ1n) is 5.84. The summed E-state index contributed by atoms with van der Waals surface area (Å²) in [6.07, 6.45) is 1.24. The molecular formula is C12H24N2O2. The van der Waals surface area contributed by atoms with Gasteiger partial charge in [-0.15, -0.1) is 0 Å². The summed E-state index contributed by atoms with van der Waals surface area (Å²) in [6.45, 7) is 8.01. The molecule has 0 aromatic carbocycles. The number of hydrogen-bond acceptors (Lipinski definition) is 2. The molecule has 4 nitrogen and oxygen atoms in total. The number of nitrogens with two attached hydrogens (primary N) is 2. The second kappa shape index (κ2) is 6.51. The van der Waals surface area contributed by atoms with Crippen LogP contribution >= 0.6 is 0 Å². The van der Waals surface area contributed by atoms with Crippen LogP contribution < -0.4 is 11.5 Å². The Morgan fingerprint density at radius 3 is 1.19 bits per heavy atom. The molecule has 0 saturated carbocycles. The fourth-order valence-electron chi connectivity index (χ4n) is 1.97. The largest absolute Gasteiger partial charge is 0.369 e. The van der Waals surface area contributed by atoms with E-state index >= 15 is 0 Å². The number of carbonyl (C=O) groups is 2. The molecule has 94 valence electrons. The van der Waals surface area contributed by atoms with Gasteiger partial charge in [0.2, 0.25) is 11.8 Å². The van der Waals surface area contributed by atoms with E-state index in [2.05, 4.69) is 0 Å². The highest BCUT2D eigenvalue weighted by Crippen LogP contribution is 2.26. The third kappa shape index (κ3) is 5.14. The number of rotatable bonds is 7. The maximum atomic E-state index is 11.4. The van der Waals surface area contributed by atoms with Gasteiger partial charge in [-0.3, -0.25) is 9.59 Å². The van der Waals surface area contributed by atoms with E-state index in [0.29, 0.717) is 24.7 Å². The van der Waals surface area contributed by atoms with Crippen molar-refractivity contribution in [1.29, 1.82) is 0 Å². The minimum Gasteiger partial charge on any atom is -0.369 e. The Balaban J connectivity index is 4.80. The fraction of sp³-hybridized carbons (Fsp3) is 0.833.